The first-order chi connectivity index (χ1) is 9.78. The Balaban J connectivity index is 1.88. The van der Waals surface area contributed by atoms with Crippen molar-refractivity contribution >= 4 is 17.4 Å². The van der Waals surface area contributed by atoms with Crippen molar-refractivity contribution in [3.8, 4) is 6.07 Å². The quantitative estimate of drug-likeness (QED) is 0.903. The third kappa shape index (κ3) is 2.48. The van der Waals surface area contributed by atoms with E-state index in [0.29, 0.717) is 10.8 Å². The Labute approximate surface area is 123 Å². The highest BCUT2D eigenvalue weighted by Gasteiger charge is 2.20. The van der Waals surface area contributed by atoms with E-state index < -0.39 is 0 Å². The number of nitrogens with one attached hydrogen (secondary N) is 1. The van der Waals surface area contributed by atoms with Crippen LogP contribution in [0.4, 0.5) is 5.82 Å². The zero-order chi connectivity index (χ0) is 13.9. The van der Waals surface area contributed by atoms with Gasteiger partial charge in [0.1, 0.15) is 11.9 Å². The maximum absolute atomic E-state index is 8.98. The summed E-state index contributed by atoms with van der Waals surface area (Å²) in [6, 6.07) is 14.3. The van der Waals surface area contributed by atoms with Gasteiger partial charge in [-0.3, -0.25) is 0 Å². The van der Waals surface area contributed by atoms with Crippen LogP contribution in [0.2, 0.25) is 5.02 Å². The van der Waals surface area contributed by atoms with Gasteiger partial charge in [-0.1, -0.05) is 35.9 Å². The molecule has 4 heteroatoms. The average molecular weight is 284 g/mol. The summed E-state index contributed by atoms with van der Waals surface area (Å²) in [6.07, 6.45) is 3.36. The largest absolute Gasteiger partial charge is 0.363 e. The van der Waals surface area contributed by atoms with Gasteiger partial charge < -0.3 is 5.32 Å². The molecule has 3 rings (SSSR count). The van der Waals surface area contributed by atoms with E-state index in [2.05, 4.69) is 34.6 Å². The summed E-state index contributed by atoms with van der Waals surface area (Å²) in [4.78, 5) is 4.25. The fraction of sp³-hybridized carbons (Fsp3) is 0.250. The number of aryl methyl sites for hydroxylation is 1. The first-order valence-corrected chi connectivity index (χ1v) is 7.06. The van der Waals surface area contributed by atoms with Gasteiger partial charge in [-0.05, 0) is 42.5 Å². The van der Waals surface area contributed by atoms with E-state index in [-0.39, 0.29) is 11.7 Å². The van der Waals surface area contributed by atoms with E-state index in [0.717, 1.165) is 19.3 Å². The molecule has 0 bridgehead atoms. The van der Waals surface area contributed by atoms with Gasteiger partial charge >= 0.3 is 0 Å². The zero-order valence-electron chi connectivity index (χ0n) is 10.9. The van der Waals surface area contributed by atoms with Crippen molar-refractivity contribution in [3.05, 3.63) is 58.2 Å². The van der Waals surface area contributed by atoms with Crippen LogP contribution in [0.5, 0.6) is 0 Å². The van der Waals surface area contributed by atoms with Gasteiger partial charge in [-0.15, -0.1) is 0 Å². The Bertz CT molecular complexity index is 676. The van der Waals surface area contributed by atoms with Gasteiger partial charge in [0.15, 0.2) is 5.69 Å². The third-order valence-corrected chi connectivity index (χ3v) is 3.95. The van der Waals surface area contributed by atoms with Crippen LogP contribution in [0.25, 0.3) is 0 Å². The first-order valence-electron chi connectivity index (χ1n) is 6.69. The number of hydrogen-bond donors (Lipinski definition) is 1. The summed E-state index contributed by atoms with van der Waals surface area (Å²) in [6.45, 7) is 0. The standard InChI is InChI=1S/C16H14ClN3/c17-13-8-9-16(20-15(13)10-18)19-14-7-3-5-11-4-1-2-6-12(11)14/h1-2,4,6,8-9,14H,3,5,7H2,(H,19,20). The van der Waals surface area contributed by atoms with Crippen molar-refractivity contribution in [3.63, 3.8) is 0 Å². The molecule has 1 aliphatic rings. The van der Waals surface area contributed by atoms with Gasteiger partial charge in [0.05, 0.1) is 11.1 Å². The topological polar surface area (TPSA) is 48.7 Å². The molecule has 0 amide bonds. The van der Waals surface area contributed by atoms with Crippen LogP contribution in [0, 0.1) is 11.3 Å². The van der Waals surface area contributed by atoms with E-state index in [1.807, 2.05) is 12.1 Å². The molecular formula is C16H14ClN3. The first kappa shape index (κ1) is 13.0. The molecule has 1 heterocycles. The smallest absolute Gasteiger partial charge is 0.161 e. The van der Waals surface area contributed by atoms with Crippen molar-refractivity contribution in [1.82, 2.24) is 4.98 Å². The van der Waals surface area contributed by atoms with E-state index in [4.69, 9.17) is 16.9 Å². The van der Waals surface area contributed by atoms with Gasteiger partial charge in [-0.2, -0.15) is 5.26 Å². The molecule has 2 aromatic rings. The van der Waals surface area contributed by atoms with Crippen LogP contribution in [0.3, 0.4) is 0 Å². The number of rotatable bonds is 2. The molecule has 1 N–H and O–H groups in total. The molecule has 0 saturated carbocycles. The lowest BCUT2D eigenvalue weighted by atomic mass is 9.88. The molecule has 0 fully saturated rings. The SMILES string of the molecule is N#Cc1nc(NC2CCCc3ccccc32)ccc1Cl. The molecule has 1 aliphatic carbocycles. The van der Waals surface area contributed by atoms with E-state index >= 15 is 0 Å². The molecule has 1 aromatic carbocycles. The molecule has 1 unspecified atom stereocenters. The van der Waals surface area contributed by atoms with Crippen LogP contribution in [-0.2, 0) is 6.42 Å². The lowest BCUT2D eigenvalue weighted by Gasteiger charge is -2.26. The fourth-order valence-corrected chi connectivity index (χ4v) is 2.83. The Morgan fingerprint density at radius 3 is 2.95 bits per heavy atom. The number of aromatic nitrogens is 1. The average Bonchev–Trinajstić information content (AvgIpc) is 2.49. The minimum absolute atomic E-state index is 0.250. The maximum atomic E-state index is 8.98. The number of nitrogens with zero attached hydrogens (tertiary/aromatic N) is 2. The minimum atomic E-state index is 0.250. The van der Waals surface area contributed by atoms with Crippen molar-refractivity contribution in [2.24, 2.45) is 0 Å². The highest BCUT2D eigenvalue weighted by molar-refractivity contribution is 6.31. The fourth-order valence-electron chi connectivity index (χ4n) is 2.68. The van der Waals surface area contributed by atoms with Gasteiger partial charge in [0, 0.05) is 0 Å². The molecule has 0 spiro atoms. The highest BCUT2D eigenvalue weighted by Crippen LogP contribution is 2.32. The summed E-state index contributed by atoms with van der Waals surface area (Å²) >= 11 is 5.91. The van der Waals surface area contributed by atoms with Gasteiger partial charge in [-0.25, -0.2) is 4.98 Å². The second-order valence-electron chi connectivity index (χ2n) is 4.93. The Morgan fingerprint density at radius 2 is 2.10 bits per heavy atom. The molecule has 1 aromatic heterocycles. The van der Waals surface area contributed by atoms with Crippen LogP contribution in [-0.4, -0.2) is 4.98 Å². The lowest BCUT2D eigenvalue weighted by molar-refractivity contribution is 0.598. The second kappa shape index (κ2) is 5.52. The molecule has 0 aliphatic heterocycles. The molecule has 0 saturated heterocycles. The Kier molecular flexibility index (Phi) is 3.58. The van der Waals surface area contributed by atoms with Crippen molar-refractivity contribution < 1.29 is 0 Å². The highest BCUT2D eigenvalue weighted by atomic mass is 35.5. The molecule has 0 radical (unpaired) electrons. The normalized spacial score (nSPS) is 17.1. The summed E-state index contributed by atoms with van der Waals surface area (Å²) in [5.74, 6) is 0.702. The molecule has 20 heavy (non-hydrogen) atoms. The zero-order valence-corrected chi connectivity index (χ0v) is 11.7. The van der Waals surface area contributed by atoms with Crippen molar-refractivity contribution in [2.75, 3.05) is 5.32 Å². The summed E-state index contributed by atoms with van der Waals surface area (Å²) in [7, 11) is 0. The number of pyridine rings is 1. The number of nitriles is 1. The van der Waals surface area contributed by atoms with Crippen LogP contribution in [0.1, 0.15) is 35.7 Å². The molecule has 100 valence electrons. The predicted molar refractivity (Wildman–Crippen MR) is 79.7 cm³/mol. The van der Waals surface area contributed by atoms with E-state index in [1.165, 1.54) is 11.1 Å². The lowest BCUT2D eigenvalue weighted by Crippen LogP contribution is -2.18. The predicted octanol–water partition coefficient (Wildman–Crippen LogP) is 4.10. The molecule has 3 nitrogen and oxygen atoms in total. The maximum Gasteiger partial charge on any atom is 0.161 e. The van der Waals surface area contributed by atoms with Crippen LogP contribution < -0.4 is 5.32 Å². The van der Waals surface area contributed by atoms with E-state index in [9.17, 15) is 0 Å². The number of fused-ring (bicyclic) bond motifs is 1. The molecule has 1 atom stereocenters. The monoisotopic (exact) mass is 283 g/mol. The molecular weight excluding hydrogens is 270 g/mol. The summed E-state index contributed by atoms with van der Waals surface area (Å²) in [5, 5.41) is 12.8. The number of anilines is 1. The minimum Gasteiger partial charge on any atom is -0.363 e. The Hall–Kier alpha value is -2.05. The van der Waals surface area contributed by atoms with Crippen molar-refractivity contribution in [2.45, 2.75) is 25.3 Å². The third-order valence-electron chi connectivity index (χ3n) is 3.64. The van der Waals surface area contributed by atoms with Gasteiger partial charge in [0.2, 0.25) is 0 Å². The second-order valence-corrected chi connectivity index (χ2v) is 5.33. The Morgan fingerprint density at radius 1 is 1.25 bits per heavy atom. The van der Waals surface area contributed by atoms with Crippen LogP contribution in [0.15, 0.2) is 36.4 Å². The van der Waals surface area contributed by atoms with Gasteiger partial charge in [0.25, 0.3) is 0 Å². The van der Waals surface area contributed by atoms with Crippen molar-refractivity contribution in [1.29, 1.82) is 5.26 Å². The number of halogens is 1. The summed E-state index contributed by atoms with van der Waals surface area (Å²) < 4.78 is 0. The van der Waals surface area contributed by atoms with E-state index in [1.54, 1.807) is 6.07 Å². The number of benzene rings is 1. The van der Waals surface area contributed by atoms with Crippen LogP contribution >= 0.6 is 11.6 Å². The number of hydrogen-bond acceptors (Lipinski definition) is 3. The summed E-state index contributed by atoms with van der Waals surface area (Å²) in [5.41, 5.74) is 2.99.